The zero-order valence-electron chi connectivity index (χ0n) is 6.47. The van der Waals surface area contributed by atoms with Crippen LogP contribution < -0.4 is 4.84 Å². The first kappa shape index (κ1) is 8.81. The summed E-state index contributed by atoms with van der Waals surface area (Å²) in [6.45, 7) is 0. The molecule has 0 aromatic heterocycles. The highest BCUT2D eigenvalue weighted by Gasteiger charge is 2.33. The van der Waals surface area contributed by atoms with Crippen LogP contribution in [0.2, 0.25) is 0 Å². The molecule has 1 saturated carbocycles. The van der Waals surface area contributed by atoms with Crippen molar-refractivity contribution in [1.29, 1.82) is 0 Å². The molecule has 11 heavy (non-hydrogen) atoms. The molecule has 1 rings (SSSR count). The van der Waals surface area contributed by atoms with E-state index in [1.807, 2.05) is 0 Å². The molecule has 0 spiro atoms. The Morgan fingerprint density at radius 2 is 2.36 bits per heavy atom. The van der Waals surface area contributed by atoms with Crippen LogP contribution in [0.4, 0.5) is 0 Å². The Kier molecular flexibility index (Phi) is 3.15. The number of carbonyl (C=O) groups is 1. The van der Waals surface area contributed by atoms with E-state index in [-0.39, 0.29) is 17.9 Å². The van der Waals surface area contributed by atoms with Crippen LogP contribution in [0.1, 0.15) is 19.3 Å². The summed E-state index contributed by atoms with van der Waals surface area (Å²) in [5.74, 6) is -0.196. The second kappa shape index (κ2) is 3.93. The zero-order valence-corrected chi connectivity index (χ0v) is 7.23. The van der Waals surface area contributed by atoms with Gasteiger partial charge in [-0.2, -0.15) is 0 Å². The number of hydrogen-bond acceptors (Lipinski definition) is 3. The molecule has 0 heterocycles. The van der Waals surface area contributed by atoms with Gasteiger partial charge in [0.15, 0.2) is 0 Å². The first-order chi connectivity index (χ1) is 5.29. The first-order valence-electron chi connectivity index (χ1n) is 3.73. The maximum atomic E-state index is 11.1. The van der Waals surface area contributed by atoms with Gasteiger partial charge in [0.05, 0.1) is 13.0 Å². The predicted molar refractivity (Wildman–Crippen MR) is 42.1 cm³/mol. The average Bonchev–Trinajstić information content (AvgIpc) is 2.50. The number of carbonyl (C=O) groups excluding carboxylic acids is 1. The van der Waals surface area contributed by atoms with Gasteiger partial charge in [0.2, 0.25) is 0 Å². The minimum absolute atomic E-state index is 0.0440. The number of ether oxygens (including phenoxy) is 1. The lowest BCUT2D eigenvalue weighted by Crippen LogP contribution is -2.31. The molecule has 0 amide bonds. The van der Waals surface area contributed by atoms with Crippen molar-refractivity contribution in [3.05, 3.63) is 0 Å². The molecule has 0 aromatic rings. The highest BCUT2D eigenvalue weighted by atomic mass is 35.5. The van der Waals surface area contributed by atoms with Gasteiger partial charge in [0.1, 0.15) is 0 Å². The number of methoxy groups -OCH3 is 1. The summed E-state index contributed by atoms with van der Waals surface area (Å²) in [5.41, 5.74) is 0. The van der Waals surface area contributed by atoms with E-state index in [4.69, 9.17) is 11.8 Å². The van der Waals surface area contributed by atoms with Gasteiger partial charge < -0.3 is 4.74 Å². The summed E-state index contributed by atoms with van der Waals surface area (Å²) < 4.78 is 4.63. The van der Waals surface area contributed by atoms with Crippen molar-refractivity contribution in [2.24, 2.45) is 5.92 Å². The third-order valence-corrected chi connectivity index (χ3v) is 2.44. The number of esters is 1. The SMILES string of the molecule is COC(=O)[C@H]1CCC[C@H]1NCl. The van der Waals surface area contributed by atoms with Crippen molar-refractivity contribution >= 4 is 17.7 Å². The molecule has 0 radical (unpaired) electrons. The lowest BCUT2D eigenvalue weighted by Gasteiger charge is -2.14. The zero-order chi connectivity index (χ0) is 8.27. The van der Waals surface area contributed by atoms with E-state index >= 15 is 0 Å². The molecule has 1 aliphatic carbocycles. The Bertz CT molecular complexity index is 151. The Morgan fingerprint density at radius 1 is 1.64 bits per heavy atom. The minimum Gasteiger partial charge on any atom is -0.469 e. The number of nitrogens with one attached hydrogen (secondary N) is 1. The fourth-order valence-electron chi connectivity index (χ4n) is 1.52. The van der Waals surface area contributed by atoms with E-state index in [9.17, 15) is 4.79 Å². The summed E-state index contributed by atoms with van der Waals surface area (Å²) in [7, 11) is 1.41. The third-order valence-electron chi connectivity index (χ3n) is 2.16. The van der Waals surface area contributed by atoms with Crippen LogP contribution in [0.25, 0.3) is 0 Å². The van der Waals surface area contributed by atoms with Crippen LogP contribution in [0, 0.1) is 5.92 Å². The van der Waals surface area contributed by atoms with E-state index in [2.05, 4.69) is 9.57 Å². The summed E-state index contributed by atoms with van der Waals surface area (Å²) in [5, 5.41) is 0. The molecule has 0 unspecified atom stereocenters. The minimum atomic E-state index is -0.152. The maximum absolute atomic E-state index is 11.1. The molecular formula is C7H12ClNO2. The highest BCUT2D eigenvalue weighted by Crippen LogP contribution is 2.26. The Morgan fingerprint density at radius 3 is 2.91 bits per heavy atom. The summed E-state index contributed by atoms with van der Waals surface area (Å²) in [6.07, 6.45) is 2.89. The monoisotopic (exact) mass is 177 g/mol. The summed E-state index contributed by atoms with van der Waals surface area (Å²) >= 11 is 5.45. The third kappa shape index (κ3) is 1.84. The van der Waals surface area contributed by atoms with Crippen molar-refractivity contribution in [3.8, 4) is 0 Å². The molecule has 1 fully saturated rings. The van der Waals surface area contributed by atoms with Crippen LogP contribution in [-0.2, 0) is 9.53 Å². The molecule has 1 N–H and O–H groups in total. The van der Waals surface area contributed by atoms with Crippen molar-refractivity contribution in [2.75, 3.05) is 7.11 Å². The average molecular weight is 178 g/mol. The van der Waals surface area contributed by atoms with Crippen molar-refractivity contribution in [3.63, 3.8) is 0 Å². The van der Waals surface area contributed by atoms with Crippen LogP contribution >= 0.6 is 11.8 Å². The molecule has 64 valence electrons. The van der Waals surface area contributed by atoms with E-state index in [1.54, 1.807) is 0 Å². The molecule has 0 saturated heterocycles. The van der Waals surface area contributed by atoms with Crippen molar-refractivity contribution < 1.29 is 9.53 Å². The van der Waals surface area contributed by atoms with Crippen molar-refractivity contribution in [2.45, 2.75) is 25.3 Å². The normalized spacial score (nSPS) is 30.4. The van der Waals surface area contributed by atoms with E-state index in [1.165, 1.54) is 7.11 Å². The second-order valence-electron chi connectivity index (χ2n) is 2.78. The molecule has 2 atom stereocenters. The molecule has 0 bridgehead atoms. The van der Waals surface area contributed by atoms with Gasteiger partial charge in [-0.15, -0.1) is 0 Å². The van der Waals surface area contributed by atoms with E-state index < -0.39 is 0 Å². The number of halogens is 1. The van der Waals surface area contributed by atoms with Crippen LogP contribution in [-0.4, -0.2) is 19.1 Å². The lowest BCUT2D eigenvalue weighted by atomic mass is 10.1. The summed E-state index contributed by atoms with van der Waals surface area (Å²) in [6, 6.07) is 0.101. The fourth-order valence-corrected chi connectivity index (χ4v) is 1.79. The maximum Gasteiger partial charge on any atom is 0.310 e. The predicted octanol–water partition coefficient (Wildman–Crippen LogP) is 1.07. The molecule has 0 aromatic carbocycles. The topological polar surface area (TPSA) is 38.3 Å². The van der Waals surface area contributed by atoms with Crippen LogP contribution in [0.3, 0.4) is 0 Å². The highest BCUT2D eigenvalue weighted by molar-refractivity contribution is 6.13. The van der Waals surface area contributed by atoms with Gasteiger partial charge in [-0.1, -0.05) is 6.42 Å². The van der Waals surface area contributed by atoms with Gasteiger partial charge in [-0.25, -0.2) is 4.84 Å². The Labute approximate surface area is 71.2 Å². The molecule has 0 aliphatic heterocycles. The van der Waals surface area contributed by atoms with E-state index in [0.29, 0.717) is 0 Å². The number of hydrogen-bond donors (Lipinski definition) is 1. The Hall–Kier alpha value is -0.280. The molecule has 1 aliphatic rings. The van der Waals surface area contributed by atoms with E-state index in [0.717, 1.165) is 19.3 Å². The smallest absolute Gasteiger partial charge is 0.310 e. The largest absolute Gasteiger partial charge is 0.469 e. The fraction of sp³-hybridized carbons (Fsp3) is 0.857. The van der Waals surface area contributed by atoms with Gasteiger partial charge >= 0.3 is 5.97 Å². The van der Waals surface area contributed by atoms with Gasteiger partial charge in [0, 0.05) is 6.04 Å². The Balaban J connectivity index is 2.49. The van der Waals surface area contributed by atoms with Crippen molar-refractivity contribution in [1.82, 2.24) is 4.84 Å². The van der Waals surface area contributed by atoms with Crippen LogP contribution in [0.5, 0.6) is 0 Å². The molecular weight excluding hydrogens is 166 g/mol. The van der Waals surface area contributed by atoms with Gasteiger partial charge in [-0.05, 0) is 24.6 Å². The standard InChI is InChI=1S/C7H12ClNO2/c1-11-7(10)5-3-2-4-6(5)9-8/h5-6,9H,2-4H2,1H3/t5-,6+/m0/s1. The van der Waals surface area contributed by atoms with Gasteiger partial charge in [0.25, 0.3) is 0 Å². The summed E-state index contributed by atoms with van der Waals surface area (Å²) in [4.78, 5) is 13.7. The molecule has 4 heteroatoms. The quantitative estimate of drug-likeness (QED) is 0.507. The first-order valence-corrected chi connectivity index (χ1v) is 4.11. The number of rotatable bonds is 2. The second-order valence-corrected chi connectivity index (χ2v) is 2.99. The molecule has 3 nitrogen and oxygen atoms in total. The van der Waals surface area contributed by atoms with Gasteiger partial charge in [-0.3, -0.25) is 4.79 Å². The lowest BCUT2D eigenvalue weighted by molar-refractivity contribution is -0.145. The van der Waals surface area contributed by atoms with Crippen LogP contribution in [0.15, 0.2) is 0 Å².